The zero-order chi connectivity index (χ0) is 34.9. The number of hydrogen-bond acceptors (Lipinski definition) is 4. The summed E-state index contributed by atoms with van der Waals surface area (Å²) < 4.78 is 11.1. The number of carbonyl (C=O) groups is 1. The average Bonchev–Trinajstić information content (AvgIpc) is 3.09. The van der Waals surface area contributed by atoms with Crippen LogP contribution in [0.5, 0.6) is 0 Å². The van der Waals surface area contributed by atoms with E-state index in [1.807, 2.05) is 0 Å². The predicted molar refractivity (Wildman–Crippen MR) is 210 cm³/mol. The van der Waals surface area contributed by atoms with Crippen molar-refractivity contribution in [3.63, 3.8) is 0 Å². The van der Waals surface area contributed by atoms with Crippen LogP contribution < -0.4 is 0 Å². The summed E-state index contributed by atoms with van der Waals surface area (Å²) in [6.07, 6.45) is 53.1. The lowest BCUT2D eigenvalue weighted by atomic mass is 10.0. The Bertz CT molecular complexity index is 753. The van der Waals surface area contributed by atoms with Crippen LogP contribution in [-0.2, 0) is 14.3 Å². The van der Waals surface area contributed by atoms with Gasteiger partial charge in [-0.15, -0.1) is 0 Å². The summed E-state index contributed by atoms with van der Waals surface area (Å²) in [7, 11) is 0. The first-order valence-electron chi connectivity index (χ1n) is 20.7. The molecular weight excluding hydrogens is 592 g/mol. The van der Waals surface area contributed by atoms with Crippen molar-refractivity contribution in [2.75, 3.05) is 19.8 Å². The van der Waals surface area contributed by atoms with Crippen LogP contribution in [-0.4, -0.2) is 37.0 Å². The summed E-state index contributed by atoms with van der Waals surface area (Å²) in [5, 5.41) is 9.57. The monoisotopic (exact) mass is 673 g/mol. The molecule has 0 heterocycles. The van der Waals surface area contributed by atoms with E-state index in [1.165, 1.54) is 135 Å². The zero-order valence-corrected chi connectivity index (χ0v) is 32.0. The largest absolute Gasteiger partial charge is 0.457 e. The molecule has 0 bridgehead atoms. The zero-order valence-electron chi connectivity index (χ0n) is 32.0. The lowest BCUT2D eigenvalue weighted by Crippen LogP contribution is -2.27. The van der Waals surface area contributed by atoms with Crippen LogP contribution in [0.25, 0.3) is 0 Å². The standard InChI is InChI=1S/C44H80O4/c1-3-5-7-9-11-13-15-16-17-18-19-20-21-22-23-24-25-26-27-28-29-31-33-35-37-39-44(46)48-43(41-45)42-47-40-38-36-34-32-30-14-12-10-8-6-4-2/h5,7,11,13,16-17,19-20,43,45H,3-4,6,8-10,12,14-15,18,21-42H2,1-2H3/b7-5-,13-11-,17-16-,20-19-. The fraction of sp³-hybridized carbons (Fsp3) is 0.795. The van der Waals surface area contributed by atoms with Gasteiger partial charge < -0.3 is 14.6 Å². The molecule has 0 aromatic carbocycles. The molecule has 0 amide bonds. The fourth-order valence-electron chi connectivity index (χ4n) is 5.85. The molecule has 0 aliphatic carbocycles. The molecule has 0 aliphatic heterocycles. The number of ether oxygens (including phenoxy) is 2. The highest BCUT2D eigenvalue weighted by Crippen LogP contribution is 2.14. The smallest absolute Gasteiger partial charge is 0.306 e. The molecule has 4 heteroatoms. The van der Waals surface area contributed by atoms with E-state index in [-0.39, 0.29) is 12.6 Å². The van der Waals surface area contributed by atoms with E-state index in [9.17, 15) is 9.90 Å². The highest BCUT2D eigenvalue weighted by Gasteiger charge is 2.13. The number of allylic oxidation sites excluding steroid dienone is 8. The molecule has 0 aliphatic rings. The van der Waals surface area contributed by atoms with Crippen LogP contribution >= 0.6 is 0 Å². The molecule has 4 nitrogen and oxygen atoms in total. The maximum atomic E-state index is 12.2. The summed E-state index contributed by atoms with van der Waals surface area (Å²) in [6.45, 7) is 5.24. The van der Waals surface area contributed by atoms with Gasteiger partial charge >= 0.3 is 5.97 Å². The first-order chi connectivity index (χ1) is 23.7. The van der Waals surface area contributed by atoms with E-state index < -0.39 is 6.10 Å². The summed E-state index contributed by atoms with van der Waals surface area (Å²) >= 11 is 0. The van der Waals surface area contributed by atoms with Gasteiger partial charge in [-0.3, -0.25) is 4.79 Å². The van der Waals surface area contributed by atoms with Crippen LogP contribution in [0.3, 0.4) is 0 Å². The summed E-state index contributed by atoms with van der Waals surface area (Å²) in [4.78, 5) is 12.2. The molecule has 0 radical (unpaired) electrons. The van der Waals surface area contributed by atoms with Crippen molar-refractivity contribution < 1.29 is 19.4 Å². The number of aliphatic hydroxyl groups is 1. The molecule has 0 saturated carbocycles. The molecule has 48 heavy (non-hydrogen) atoms. The second-order valence-electron chi connectivity index (χ2n) is 13.7. The first-order valence-corrected chi connectivity index (χ1v) is 20.7. The molecule has 0 spiro atoms. The number of hydrogen-bond donors (Lipinski definition) is 1. The van der Waals surface area contributed by atoms with Crippen molar-refractivity contribution in [1.29, 1.82) is 0 Å². The van der Waals surface area contributed by atoms with Crippen molar-refractivity contribution in [3.8, 4) is 0 Å². The van der Waals surface area contributed by atoms with Crippen LogP contribution in [0.2, 0.25) is 0 Å². The molecular formula is C44H80O4. The van der Waals surface area contributed by atoms with E-state index in [0.29, 0.717) is 19.6 Å². The third-order valence-corrected chi connectivity index (χ3v) is 8.92. The van der Waals surface area contributed by atoms with Gasteiger partial charge in [0.15, 0.2) is 0 Å². The van der Waals surface area contributed by atoms with E-state index in [2.05, 4.69) is 62.5 Å². The Morgan fingerprint density at radius 1 is 0.521 bits per heavy atom. The Labute approximate surface area is 299 Å². The van der Waals surface area contributed by atoms with E-state index >= 15 is 0 Å². The van der Waals surface area contributed by atoms with Crippen LogP contribution in [0.4, 0.5) is 0 Å². The Hall–Kier alpha value is -1.65. The lowest BCUT2D eigenvalue weighted by Gasteiger charge is -2.16. The van der Waals surface area contributed by atoms with E-state index in [0.717, 1.165) is 44.9 Å². The minimum absolute atomic E-state index is 0.171. The molecule has 280 valence electrons. The van der Waals surface area contributed by atoms with Crippen LogP contribution in [0.1, 0.15) is 200 Å². The van der Waals surface area contributed by atoms with Crippen molar-refractivity contribution >= 4 is 5.97 Å². The summed E-state index contributed by atoms with van der Waals surface area (Å²) in [5.41, 5.74) is 0. The number of carbonyl (C=O) groups excluding carboxylic acids is 1. The van der Waals surface area contributed by atoms with Gasteiger partial charge in [0.25, 0.3) is 0 Å². The molecule has 0 rings (SSSR count). The molecule has 0 saturated heterocycles. The Balaban J connectivity index is 3.42. The van der Waals surface area contributed by atoms with E-state index in [4.69, 9.17) is 9.47 Å². The Morgan fingerprint density at radius 3 is 1.42 bits per heavy atom. The van der Waals surface area contributed by atoms with Crippen molar-refractivity contribution in [1.82, 2.24) is 0 Å². The van der Waals surface area contributed by atoms with Gasteiger partial charge in [0.05, 0.1) is 13.2 Å². The highest BCUT2D eigenvalue weighted by molar-refractivity contribution is 5.69. The van der Waals surface area contributed by atoms with Crippen LogP contribution in [0.15, 0.2) is 48.6 Å². The fourth-order valence-corrected chi connectivity index (χ4v) is 5.85. The van der Waals surface area contributed by atoms with Gasteiger partial charge in [0.1, 0.15) is 6.10 Å². The number of rotatable bonds is 38. The van der Waals surface area contributed by atoms with Crippen LogP contribution in [0, 0.1) is 0 Å². The SMILES string of the molecule is CC/C=C\C/C=C\C/C=C\C/C=C\CCCCCCCCCCCCCCC(=O)OC(CO)COCCCCCCCCCCCCC. The number of esters is 1. The first kappa shape index (κ1) is 46.4. The lowest BCUT2D eigenvalue weighted by molar-refractivity contribution is -0.154. The second kappa shape index (κ2) is 41.5. The number of unbranched alkanes of at least 4 members (excludes halogenated alkanes) is 22. The maximum absolute atomic E-state index is 12.2. The van der Waals surface area contributed by atoms with Crippen molar-refractivity contribution in [2.45, 2.75) is 206 Å². The molecule has 1 unspecified atom stereocenters. The molecule has 1 N–H and O–H groups in total. The predicted octanol–water partition coefficient (Wildman–Crippen LogP) is 13.5. The average molecular weight is 673 g/mol. The van der Waals surface area contributed by atoms with Gasteiger partial charge in [0, 0.05) is 13.0 Å². The third kappa shape index (κ3) is 38.8. The second-order valence-corrected chi connectivity index (χ2v) is 13.7. The highest BCUT2D eigenvalue weighted by atomic mass is 16.6. The molecule has 1 atom stereocenters. The normalized spacial score (nSPS) is 12.8. The van der Waals surface area contributed by atoms with Crippen molar-refractivity contribution in [3.05, 3.63) is 48.6 Å². The van der Waals surface area contributed by atoms with E-state index in [1.54, 1.807) is 0 Å². The molecule has 0 fully saturated rings. The Morgan fingerprint density at radius 2 is 0.938 bits per heavy atom. The van der Waals surface area contributed by atoms with Gasteiger partial charge in [-0.1, -0.05) is 191 Å². The minimum Gasteiger partial charge on any atom is -0.457 e. The molecule has 0 aromatic heterocycles. The Kier molecular flexibility index (Phi) is 40.1. The topological polar surface area (TPSA) is 55.8 Å². The van der Waals surface area contributed by atoms with Gasteiger partial charge in [-0.05, 0) is 51.4 Å². The summed E-state index contributed by atoms with van der Waals surface area (Å²) in [6, 6.07) is 0. The minimum atomic E-state index is -0.532. The van der Waals surface area contributed by atoms with Gasteiger partial charge in [0.2, 0.25) is 0 Å². The number of aliphatic hydroxyl groups excluding tert-OH is 1. The summed E-state index contributed by atoms with van der Waals surface area (Å²) in [5.74, 6) is -0.203. The quantitative estimate of drug-likeness (QED) is 0.0403. The van der Waals surface area contributed by atoms with Gasteiger partial charge in [-0.2, -0.15) is 0 Å². The van der Waals surface area contributed by atoms with Crippen molar-refractivity contribution in [2.24, 2.45) is 0 Å². The molecule has 0 aromatic rings. The maximum Gasteiger partial charge on any atom is 0.306 e. The third-order valence-electron chi connectivity index (χ3n) is 8.92. The van der Waals surface area contributed by atoms with Gasteiger partial charge in [-0.25, -0.2) is 0 Å².